The van der Waals surface area contributed by atoms with Crippen LogP contribution in [0.4, 0.5) is 0 Å². The third kappa shape index (κ3) is 6.00. The molecule has 2 rings (SSSR count). The molecule has 1 aliphatic rings. The summed E-state index contributed by atoms with van der Waals surface area (Å²) in [5, 5.41) is 3.38. The van der Waals surface area contributed by atoms with E-state index in [1.807, 2.05) is 0 Å². The fraction of sp³-hybridized carbons (Fsp3) is 0.571. The van der Waals surface area contributed by atoms with Crippen LogP contribution in [0.25, 0.3) is 0 Å². The molecule has 0 amide bonds. The molecule has 1 aromatic carbocycles. The van der Waals surface area contributed by atoms with Crippen molar-refractivity contribution in [2.45, 2.75) is 19.4 Å². The van der Waals surface area contributed by atoms with E-state index in [-0.39, 0.29) is 24.8 Å². The first kappa shape index (κ1) is 18.5. The molecule has 0 unspecified atom stereocenters. The molecule has 0 spiro atoms. The SMILES string of the molecule is CN(C)CCCOc1ccc2c(c1)CCNC2.Cl.Cl. The number of halogens is 2. The van der Waals surface area contributed by atoms with E-state index in [2.05, 4.69) is 42.5 Å². The number of ether oxygens (including phenoxy) is 1. The average Bonchev–Trinajstić information content (AvgIpc) is 2.34. The summed E-state index contributed by atoms with van der Waals surface area (Å²) in [5.41, 5.74) is 2.85. The van der Waals surface area contributed by atoms with E-state index in [0.717, 1.165) is 44.8 Å². The second kappa shape index (κ2) is 9.43. The lowest BCUT2D eigenvalue weighted by atomic mass is 10.0. The molecular formula is C14H24Cl2N2O. The number of hydrogen-bond donors (Lipinski definition) is 1. The molecule has 0 aliphatic carbocycles. The highest BCUT2D eigenvalue weighted by molar-refractivity contribution is 5.85. The molecule has 5 heteroatoms. The van der Waals surface area contributed by atoms with E-state index >= 15 is 0 Å². The predicted molar refractivity (Wildman–Crippen MR) is 85.0 cm³/mol. The molecule has 1 N–H and O–H groups in total. The second-order valence-corrected chi connectivity index (χ2v) is 4.86. The van der Waals surface area contributed by atoms with Crippen molar-refractivity contribution in [2.24, 2.45) is 0 Å². The standard InChI is InChI=1S/C14H22N2O.2ClH/c1-16(2)8-3-9-17-14-5-4-13-11-15-7-6-12(13)10-14;;/h4-5,10,15H,3,6-9,11H2,1-2H3;2*1H. The van der Waals surface area contributed by atoms with Gasteiger partial charge in [0.25, 0.3) is 0 Å². The van der Waals surface area contributed by atoms with Gasteiger partial charge in [-0.15, -0.1) is 24.8 Å². The van der Waals surface area contributed by atoms with Crippen molar-refractivity contribution < 1.29 is 4.74 Å². The van der Waals surface area contributed by atoms with Gasteiger partial charge in [0, 0.05) is 13.1 Å². The van der Waals surface area contributed by atoms with Crippen LogP contribution in [0.5, 0.6) is 5.75 Å². The zero-order chi connectivity index (χ0) is 12.1. The van der Waals surface area contributed by atoms with Crippen LogP contribution in [-0.2, 0) is 13.0 Å². The van der Waals surface area contributed by atoms with Gasteiger partial charge in [-0.05, 0) is 56.7 Å². The summed E-state index contributed by atoms with van der Waals surface area (Å²) >= 11 is 0. The van der Waals surface area contributed by atoms with Gasteiger partial charge in [0.1, 0.15) is 5.75 Å². The topological polar surface area (TPSA) is 24.5 Å². The van der Waals surface area contributed by atoms with Gasteiger partial charge in [-0.3, -0.25) is 0 Å². The quantitative estimate of drug-likeness (QED) is 0.846. The van der Waals surface area contributed by atoms with Gasteiger partial charge in [0.15, 0.2) is 0 Å². The Morgan fingerprint density at radius 3 is 2.74 bits per heavy atom. The molecule has 0 saturated carbocycles. The number of hydrogen-bond acceptors (Lipinski definition) is 3. The molecule has 0 bridgehead atoms. The number of nitrogens with zero attached hydrogens (tertiary/aromatic N) is 1. The third-order valence-electron chi connectivity index (χ3n) is 3.08. The Bertz CT molecular complexity index is 372. The molecule has 0 atom stereocenters. The maximum absolute atomic E-state index is 5.78. The van der Waals surface area contributed by atoms with Gasteiger partial charge in [-0.1, -0.05) is 6.07 Å². The van der Waals surface area contributed by atoms with Gasteiger partial charge in [0.2, 0.25) is 0 Å². The lowest BCUT2D eigenvalue weighted by Gasteiger charge is -2.18. The van der Waals surface area contributed by atoms with Crippen LogP contribution in [0, 0.1) is 0 Å². The summed E-state index contributed by atoms with van der Waals surface area (Å²) in [5.74, 6) is 1.02. The Labute approximate surface area is 128 Å². The van der Waals surface area contributed by atoms with Crippen molar-refractivity contribution in [3.63, 3.8) is 0 Å². The molecular weight excluding hydrogens is 283 g/mol. The predicted octanol–water partition coefficient (Wildman–Crippen LogP) is 2.51. The Morgan fingerprint density at radius 1 is 1.21 bits per heavy atom. The highest BCUT2D eigenvalue weighted by Gasteiger charge is 2.08. The minimum Gasteiger partial charge on any atom is -0.494 e. The first-order valence-corrected chi connectivity index (χ1v) is 6.36. The molecule has 0 saturated heterocycles. The van der Waals surface area contributed by atoms with E-state index in [1.54, 1.807) is 0 Å². The van der Waals surface area contributed by atoms with E-state index in [9.17, 15) is 0 Å². The van der Waals surface area contributed by atoms with Gasteiger partial charge >= 0.3 is 0 Å². The Kier molecular flexibility index (Phi) is 9.19. The molecule has 0 radical (unpaired) electrons. The lowest BCUT2D eigenvalue weighted by molar-refractivity contribution is 0.281. The smallest absolute Gasteiger partial charge is 0.119 e. The Hall–Kier alpha value is -0.480. The maximum Gasteiger partial charge on any atom is 0.119 e. The summed E-state index contributed by atoms with van der Waals surface area (Å²) in [6, 6.07) is 6.47. The van der Waals surface area contributed by atoms with Crippen LogP contribution in [0.3, 0.4) is 0 Å². The van der Waals surface area contributed by atoms with Crippen LogP contribution in [0.1, 0.15) is 17.5 Å². The second-order valence-electron chi connectivity index (χ2n) is 4.86. The number of rotatable bonds is 5. The maximum atomic E-state index is 5.78. The van der Waals surface area contributed by atoms with Gasteiger partial charge < -0.3 is 15.0 Å². The summed E-state index contributed by atoms with van der Waals surface area (Å²) in [4.78, 5) is 2.18. The molecule has 0 fully saturated rings. The molecule has 110 valence electrons. The van der Waals surface area contributed by atoms with E-state index in [4.69, 9.17) is 4.74 Å². The van der Waals surface area contributed by atoms with Crippen molar-refractivity contribution in [2.75, 3.05) is 33.8 Å². The zero-order valence-corrected chi connectivity index (χ0v) is 13.3. The Morgan fingerprint density at radius 2 is 2.00 bits per heavy atom. The normalized spacial score (nSPS) is 13.2. The zero-order valence-electron chi connectivity index (χ0n) is 11.6. The van der Waals surface area contributed by atoms with Gasteiger partial charge in [0.05, 0.1) is 6.61 Å². The lowest BCUT2D eigenvalue weighted by Crippen LogP contribution is -2.23. The molecule has 3 nitrogen and oxygen atoms in total. The fourth-order valence-electron chi connectivity index (χ4n) is 2.11. The third-order valence-corrected chi connectivity index (χ3v) is 3.08. The van der Waals surface area contributed by atoms with Crippen LogP contribution in [0.2, 0.25) is 0 Å². The Balaban J connectivity index is 0.00000162. The van der Waals surface area contributed by atoms with Crippen molar-refractivity contribution in [1.82, 2.24) is 10.2 Å². The van der Waals surface area contributed by atoms with Gasteiger partial charge in [-0.25, -0.2) is 0 Å². The number of benzene rings is 1. The molecule has 1 heterocycles. The summed E-state index contributed by atoms with van der Waals surface area (Å²) in [6.07, 6.45) is 2.19. The number of fused-ring (bicyclic) bond motifs is 1. The van der Waals surface area contributed by atoms with E-state index in [1.165, 1.54) is 11.1 Å². The molecule has 0 aromatic heterocycles. The van der Waals surface area contributed by atoms with E-state index in [0.29, 0.717) is 0 Å². The van der Waals surface area contributed by atoms with Crippen molar-refractivity contribution in [3.05, 3.63) is 29.3 Å². The minimum atomic E-state index is 0. The van der Waals surface area contributed by atoms with Crippen LogP contribution < -0.4 is 10.1 Å². The van der Waals surface area contributed by atoms with Crippen LogP contribution in [0.15, 0.2) is 18.2 Å². The van der Waals surface area contributed by atoms with Crippen molar-refractivity contribution in [3.8, 4) is 5.75 Å². The fourth-order valence-corrected chi connectivity index (χ4v) is 2.11. The number of nitrogens with one attached hydrogen (secondary N) is 1. The van der Waals surface area contributed by atoms with E-state index < -0.39 is 0 Å². The van der Waals surface area contributed by atoms with Crippen molar-refractivity contribution in [1.29, 1.82) is 0 Å². The summed E-state index contributed by atoms with van der Waals surface area (Å²) in [7, 11) is 4.18. The highest BCUT2D eigenvalue weighted by Crippen LogP contribution is 2.20. The van der Waals surface area contributed by atoms with Crippen LogP contribution >= 0.6 is 24.8 Å². The monoisotopic (exact) mass is 306 g/mol. The average molecular weight is 307 g/mol. The summed E-state index contributed by atoms with van der Waals surface area (Å²) in [6.45, 7) is 3.96. The molecule has 19 heavy (non-hydrogen) atoms. The minimum absolute atomic E-state index is 0. The highest BCUT2D eigenvalue weighted by atomic mass is 35.5. The van der Waals surface area contributed by atoms with Gasteiger partial charge in [-0.2, -0.15) is 0 Å². The largest absolute Gasteiger partial charge is 0.494 e. The molecule has 1 aliphatic heterocycles. The summed E-state index contributed by atoms with van der Waals surface area (Å²) < 4.78 is 5.78. The first-order chi connectivity index (χ1) is 8.25. The molecule has 1 aromatic rings. The first-order valence-electron chi connectivity index (χ1n) is 6.36. The van der Waals surface area contributed by atoms with Crippen molar-refractivity contribution >= 4 is 24.8 Å². The van der Waals surface area contributed by atoms with Crippen LogP contribution in [-0.4, -0.2) is 38.7 Å².